The van der Waals surface area contributed by atoms with Crippen LogP contribution in [0.2, 0.25) is 0 Å². The Hall–Kier alpha value is -1.76. The topological polar surface area (TPSA) is 9.23 Å². The highest BCUT2D eigenvalue weighted by molar-refractivity contribution is 5.35. The quantitative estimate of drug-likeness (QED) is 0.764. The summed E-state index contributed by atoms with van der Waals surface area (Å²) in [4.78, 5) is 0. The van der Waals surface area contributed by atoms with Crippen molar-refractivity contribution in [2.45, 2.75) is 19.3 Å². The molecule has 1 atom stereocenters. The minimum Gasteiger partial charge on any atom is -0.496 e. The van der Waals surface area contributed by atoms with Crippen LogP contribution in [0.25, 0.3) is 0 Å². The molecule has 0 aromatic heterocycles. The normalized spacial score (nSPS) is 12.1. The summed E-state index contributed by atoms with van der Waals surface area (Å²) in [7, 11) is 1.73. The summed E-state index contributed by atoms with van der Waals surface area (Å²) in [6, 6.07) is 18.8. The van der Waals surface area contributed by atoms with E-state index in [0.717, 1.165) is 12.2 Å². The summed E-state index contributed by atoms with van der Waals surface area (Å²) in [5.41, 5.74) is 2.64. The number of para-hydroxylation sites is 1. The molecule has 0 heterocycles. The Labute approximate surface area is 103 Å². The molecule has 0 radical (unpaired) electrons. The van der Waals surface area contributed by atoms with E-state index in [1.165, 1.54) is 11.1 Å². The zero-order chi connectivity index (χ0) is 12.1. The van der Waals surface area contributed by atoms with Crippen LogP contribution in [-0.4, -0.2) is 7.11 Å². The Morgan fingerprint density at radius 3 is 2.29 bits per heavy atom. The van der Waals surface area contributed by atoms with Gasteiger partial charge in [-0.25, -0.2) is 0 Å². The second-order valence-corrected chi connectivity index (χ2v) is 4.33. The zero-order valence-corrected chi connectivity index (χ0v) is 10.4. The lowest BCUT2D eigenvalue weighted by molar-refractivity contribution is 0.408. The molecule has 2 aromatic rings. The Bertz CT molecular complexity index is 462. The maximum atomic E-state index is 5.38. The van der Waals surface area contributed by atoms with E-state index in [-0.39, 0.29) is 0 Å². The van der Waals surface area contributed by atoms with E-state index < -0.39 is 0 Å². The number of ether oxygens (including phenoxy) is 1. The van der Waals surface area contributed by atoms with Crippen molar-refractivity contribution in [3.63, 3.8) is 0 Å². The van der Waals surface area contributed by atoms with Gasteiger partial charge in [0.05, 0.1) is 7.11 Å². The first kappa shape index (κ1) is 11.7. The number of methoxy groups -OCH3 is 1. The smallest absolute Gasteiger partial charge is 0.122 e. The monoisotopic (exact) mass is 226 g/mol. The number of hydrogen-bond acceptors (Lipinski definition) is 1. The van der Waals surface area contributed by atoms with Crippen molar-refractivity contribution in [2.24, 2.45) is 0 Å². The van der Waals surface area contributed by atoms with Crippen molar-refractivity contribution in [2.75, 3.05) is 7.11 Å². The third-order valence-electron chi connectivity index (χ3n) is 3.09. The molecular formula is C16H18O. The third-order valence-corrected chi connectivity index (χ3v) is 3.09. The lowest BCUT2D eigenvalue weighted by Gasteiger charge is -2.14. The Balaban J connectivity index is 2.16. The van der Waals surface area contributed by atoms with Crippen LogP contribution < -0.4 is 4.74 Å². The molecule has 0 N–H and O–H groups in total. The highest BCUT2D eigenvalue weighted by Crippen LogP contribution is 2.25. The summed E-state index contributed by atoms with van der Waals surface area (Å²) in [6.07, 6.45) is 1.01. The molecule has 1 nitrogen and oxygen atoms in total. The van der Waals surface area contributed by atoms with Gasteiger partial charge < -0.3 is 4.74 Å². The summed E-state index contributed by atoms with van der Waals surface area (Å²) in [5.74, 6) is 1.49. The first-order chi connectivity index (χ1) is 8.31. The van der Waals surface area contributed by atoms with E-state index in [0.29, 0.717) is 5.92 Å². The molecule has 0 saturated carbocycles. The lowest BCUT2D eigenvalue weighted by Crippen LogP contribution is -2.00. The Morgan fingerprint density at radius 2 is 1.59 bits per heavy atom. The molecule has 2 rings (SSSR count). The molecule has 0 amide bonds. The molecule has 0 aliphatic heterocycles. The highest BCUT2D eigenvalue weighted by Gasteiger charge is 2.09. The van der Waals surface area contributed by atoms with Gasteiger partial charge in [-0.3, -0.25) is 0 Å². The van der Waals surface area contributed by atoms with Crippen LogP contribution in [0.4, 0.5) is 0 Å². The van der Waals surface area contributed by atoms with Crippen LogP contribution >= 0.6 is 0 Å². The van der Waals surface area contributed by atoms with Gasteiger partial charge in [-0.15, -0.1) is 0 Å². The summed E-state index contributed by atoms with van der Waals surface area (Å²) < 4.78 is 5.38. The summed E-state index contributed by atoms with van der Waals surface area (Å²) >= 11 is 0. The average molecular weight is 226 g/mol. The van der Waals surface area contributed by atoms with Crippen molar-refractivity contribution in [3.05, 3.63) is 65.7 Å². The van der Waals surface area contributed by atoms with E-state index in [2.05, 4.69) is 49.4 Å². The third kappa shape index (κ3) is 2.88. The van der Waals surface area contributed by atoms with Crippen LogP contribution in [0.3, 0.4) is 0 Å². The molecule has 0 aliphatic rings. The molecule has 0 bridgehead atoms. The van der Waals surface area contributed by atoms with Gasteiger partial charge in [0.15, 0.2) is 0 Å². The van der Waals surface area contributed by atoms with E-state index in [9.17, 15) is 0 Å². The maximum Gasteiger partial charge on any atom is 0.122 e. The molecule has 17 heavy (non-hydrogen) atoms. The molecular weight excluding hydrogens is 208 g/mol. The fourth-order valence-electron chi connectivity index (χ4n) is 2.10. The van der Waals surface area contributed by atoms with Crippen LogP contribution in [0.5, 0.6) is 5.75 Å². The molecule has 1 unspecified atom stereocenters. The fourth-order valence-corrected chi connectivity index (χ4v) is 2.10. The molecule has 0 spiro atoms. The van der Waals surface area contributed by atoms with Crippen LogP contribution in [0, 0.1) is 0 Å². The summed E-state index contributed by atoms with van der Waals surface area (Å²) in [6.45, 7) is 2.25. The molecule has 2 aromatic carbocycles. The van der Waals surface area contributed by atoms with Gasteiger partial charge in [0.25, 0.3) is 0 Å². The first-order valence-electron chi connectivity index (χ1n) is 5.98. The standard InChI is InChI=1S/C16H18O/c1-13(14-8-4-3-5-9-14)12-15-10-6-7-11-16(15)17-2/h3-11,13H,12H2,1-2H3. The van der Waals surface area contributed by atoms with Gasteiger partial charge >= 0.3 is 0 Å². The number of rotatable bonds is 4. The van der Waals surface area contributed by atoms with E-state index in [4.69, 9.17) is 4.74 Å². The van der Waals surface area contributed by atoms with Crippen LogP contribution in [0.15, 0.2) is 54.6 Å². The van der Waals surface area contributed by atoms with Crippen molar-refractivity contribution in [1.82, 2.24) is 0 Å². The van der Waals surface area contributed by atoms with Crippen molar-refractivity contribution in [1.29, 1.82) is 0 Å². The maximum absolute atomic E-state index is 5.38. The first-order valence-corrected chi connectivity index (χ1v) is 5.98. The fraction of sp³-hybridized carbons (Fsp3) is 0.250. The molecule has 0 saturated heterocycles. The van der Waals surface area contributed by atoms with E-state index >= 15 is 0 Å². The lowest BCUT2D eigenvalue weighted by atomic mass is 9.93. The van der Waals surface area contributed by atoms with Crippen molar-refractivity contribution < 1.29 is 4.74 Å². The van der Waals surface area contributed by atoms with Crippen molar-refractivity contribution in [3.8, 4) is 5.75 Å². The minimum atomic E-state index is 0.507. The van der Waals surface area contributed by atoms with Gasteiger partial charge in [-0.1, -0.05) is 55.5 Å². The largest absolute Gasteiger partial charge is 0.496 e. The average Bonchev–Trinajstić information content (AvgIpc) is 2.40. The van der Waals surface area contributed by atoms with Gasteiger partial charge in [0, 0.05) is 0 Å². The molecule has 1 heteroatoms. The second-order valence-electron chi connectivity index (χ2n) is 4.33. The van der Waals surface area contributed by atoms with Crippen LogP contribution in [0.1, 0.15) is 24.0 Å². The summed E-state index contributed by atoms with van der Waals surface area (Å²) in [5, 5.41) is 0. The van der Waals surface area contributed by atoms with Gasteiger partial charge in [0.1, 0.15) is 5.75 Å². The van der Waals surface area contributed by atoms with E-state index in [1.807, 2.05) is 12.1 Å². The molecule has 88 valence electrons. The van der Waals surface area contributed by atoms with E-state index in [1.54, 1.807) is 7.11 Å². The van der Waals surface area contributed by atoms with Gasteiger partial charge in [-0.05, 0) is 29.5 Å². The molecule has 0 fully saturated rings. The van der Waals surface area contributed by atoms with Crippen LogP contribution in [-0.2, 0) is 6.42 Å². The Kier molecular flexibility index (Phi) is 3.81. The predicted octanol–water partition coefficient (Wildman–Crippen LogP) is 4.04. The predicted molar refractivity (Wildman–Crippen MR) is 71.6 cm³/mol. The number of benzene rings is 2. The SMILES string of the molecule is COc1ccccc1CC(C)c1ccccc1. The molecule has 0 aliphatic carbocycles. The zero-order valence-electron chi connectivity index (χ0n) is 10.4. The Morgan fingerprint density at radius 1 is 0.941 bits per heavy atom. The highest BCUT2D eigenvalue weighted by atomic mass is 16.5. The van der Waals surface area contributed by atoms with Gasteiger partial charge in [-0.2, -0.15) is 0 Å². The number of hydrogen-bond donors (Lipinski definition) is 0. The van der Waals surface area contributed by atoms with Crippen molar-refractivity contribution >= 4 is 0 Å². The minimum absolute atomic E-state index is 0.507. The second kappa shape index (κ2) is 5.53. The van der Waals surface area contributed by atoms with Gasteiger partial charge in [0.2, 0.25) is 0 Å².